The number of para-hydroxylation sites is 2. The Morgan fingerprint density at radius 2 is 0.737 bits per heavy atom. The lowest BCUT2D eigenvalue weighted by atomic mass is 9.64. The molecule has 1 atom stereocenters. The van der Waals surface area contributed by atoms with Crippen LogP contribution >= 0.6 is 11.3 Å². The van der Waals surface area contributed by atoms with Gasteiger partial charge in [0.2, 0.25) is 0 Å². The third-order valence-corrected chi connectivity index (χ3v) is 13.5. The van der Waals surface area contributed by atoms with Gasteiger partial charge in [-0.3, -0.25) is 0 Å². The number of fused-ring (bicyclic) bond motifs is 12. The summed E-state index contributed by atoms with van der Waals surface area (Å²) in [6.45, 7) is 0. The molecule has 0 saturated heterocycles. The van der Waals surface area contributed by atoms with Crippen molar-refractivity contribution in [2.45, 2.75) is 5.41 Å². The Morgan fingerprint density at radius 3 is 1.44 bits per heavy atom. The molecule has 0 aliphatic heterocycles. The summed E-state index contributed by atoms with van der Waals surface area (Å²) in [6, 6.07) is 79.2. The van der Waals surface area contributed by atoms with E-state index in [1.165, 1.54) is 96.5 Å². The van der Waals surface area contributed by atoms with Gasteiger partial charge in [-0.2, -0.15) is 0 Å². The molecular weight excluding hydrogens is 707 g/mol. The first kappa shape index (κ1) is 32.3. The largest absolute Gasteiger partial charge is 0.309 e. The van der Waals surface area contributed by atoms with Gasteiger partial charge in [-0.05, 0) is 103 Å². The monoisotopic (exact) mass is 741 g/mol. The maximum Gasteiger partial charge on any atom is 0.0702 e. The summed E-state index contributed by atoms with van der Waals surface area (Å²) in [7, 11) is 0. The van der Waals surface area contributed by atoms with Crippen LogP contribution in [0.2, 0.25) is 0 Å². The van der Waals surface area contributed by atoms with Crippen molar-refractivity contribution in [3.8, 4) is 5.69 Å². The molecule has 12 rings (SSSR count). The number of aromatic nitrogens is 1. The van der Waals surface area contributed by atoms with Crippen LogP contribution in [0.15, 0.2) is 212 Å². The SMILES string of the molecule is c1ccc(-n2c3ccccc3c3ccc(C(c4ccccc4)(c4ccc5sc6ccccc6c5c4)c4ccc5c6ccccc6c6ccccc6c5c4)cc32)cc1. The molecule has 12 aromatic rings. The summed E-state index contributed by atoms with van der Waals surface area (Å²) < 4.78 is 5.06. The first-order valence-corrected chi connectivity index (χ1v) is 20.5. The highest BCUT2D eigenvalue weighted by Gasteiger charge is 2.39. The molecule has 1 nitrogen and oxygen atoms in total. The van der Waals surface area contributed by atoms with E-state index in [1.54, 1.807) is 0 Å². The molecule has 0 aliphatic carbocycles. The molecule has 2 heterocycles. The van der Waals surface area contributed by atoms with Gasteiger partial charge in [-0.1, -0.05) is 164 Å². The Morgan fingerprint density at radius 1 is 0.281 bits per heavy atom. The minimum absolute atomic E-state index is 0.675. The Kier molecular flexibility index (Phi) is 7.08. The van der Waals surface area contributed by atoms with Gasteiger partial charge in [0.1, 0.15) is 0 Å². The van der Waals surface area contributed by atoms with E-state index in [2.05, 4.69) is 217 Å². The van der Waals surface area contributed by atoms with Crippen LogP contribution in [0.4, 0.5) is 0 Å². The molecule has 0 N–H and O–H groups in total. The second-order valence-corrected chi connectivity index (χ2v) is 16.3. The van der Waals surface area contributed by atoms with Gasteiger partial charge >= 0.3 is 0 Å². The fourth-order valence-electron chi connectivity index (χ4n) is 9.85. The summed E-state index contributed by atoms with van der Waals surface area (Å²) in [5.74, 6) is 0. The fraction of sp³-hybridized carbons (Fsp3) is 0.0182. The van der Waals surface area contributed by atoms with Gasteiger partial charge in [0.15, 0.2) is 0 Å². The van der Waals surface area contributed by atoms with Crippen molar-refractivity contribution in [3.05, 3.63) is 235 Å². The van der Waals surface area contributed by atoms with Gasteiger partial charge in [0.05, 0.1) is 16.4 Å². The molecule has 1 unspecified atom stereocenters. The van der Waals surface area contributed by atoms with E-state index in [-0.39, 0.29) is 0 Å². The van der Waals surface area contributed by atoms with Crippen molar-refractivity contribution in [2.24, 2.45) is 0 Å². The number of thiophene rings is 1. The molecule has 2 heteroatoms. The molecule has 0 bridgehead atoms. The van der Waals surface area contributed by atoms with Crippen LogP contribution in [0.3, 0.4) is 0 Å². The van der Waals surface area contributed by atoms with Crippen LogP contribution in [0, 0.1) is 0 Å². The van der Waals surface area contributed by atoms with E-state index in [9.17, 15) is 0 Å². The lowest BCUT2D eigenvalue weighted by molar-refractivity contribution is 0.749. The van der Waals surface area contributed by atoms with Crippen LogP contribution in [-0.2, 0) is 5.41 Å². The minimum atomic E-state index is -0.675. The second kappa shape index (κ2) is 12.5. The fourth-order valence-corrected chi connectivity index (χ4v) is 10.9. The van der Waals surface area contributed by atoms with Crippen molar-refractivity contribution >= 4 is 85.6 Å². The third-order valence-electron chi connectivity index (χ3n) is 12.3. The predicted molar refractivity (Wildman–Crippen MR) is 244 cm³/mol. The molecule has 10 aromatic carbocycles. The zero-order valence-electron chi connectivity index (χ0n) is 31.1. The molecule has 0 saturated carbocycles. The smallest absolute Gasteiger partial charge is 0.0702 e. The maximum absolute atomic E-state index is 2.50. The maximum atomic E-state index is 2.50. The summed E-state index contributed by atoms with van der Waals surface area (Å²) in [4.78, 5) is 0. The summed E-state index contributed by atoms with van der Waals surface area (Å²) in [5, 5.41) is 12.8. The van der Waals surface area contributed by atoms with E-state index in [0.29, 0.717) is 0 Å². The zero-order valence-corrected chi connectivity index (χ0v) is 31.9. The van der Waals surface area contributed by atoms with Crippen molar-refractivity contribution in [1.29, 1.82) is 0 Å². The van der Waals surface area contributed by atoms with E-state index in [0.717, 1.165) is 5.69 Å². The normalized spacial score (nSPS) is 13.1. The Hall–Kier alpha value is -7.00. The predicted octanol–water partition coefficient (Wildman–Crippen LogP) is 15.0. The third kappa shape index (κ3) is 4.68. The molecule has 0 radical (unpaired) electrons. The highest BCUT2D eigenvalue weighted by atomic mass is 32.1. The average Bonchev–Trinajstić information content (AvgIpc) is 3.83. The van der Waals surface area contributed by atoms with E-state index >= 15 is 0 Å². The summed E-state index contributed by atoms with van der Waals surface area (Å²) >= 11 is 1.87. The molecule has 2 aromatic heterocycles. The quantitative estimate of drug-likeness (QED) is 0.122. The number of hydrogen-bond donors (Lipinski definition) is 0. The first-order chi connectivity index (χ1) is 28.3. The van der Waals surface area contributed by atoms with Gasteiger partial charge in [-0.15, -0.1) is 11.3 Å². The second-order valence-electron chi connectivity index (χ2n) is 15.2. The Bertz CT molecular complexity index is 3480. The van der Waals surface area contributed by atoms with Crippen LogP contribution < -0.4 is 0 Å². The topological polar surface area (TPSA) is 4.93 Å². The number of rotatable bonds is 5. The van der Waals surface area contributed by atoms with Gasteiger partial charge < -0.3 is 4.57 Å². The molecule has 266 valence electrons. The Balaban J connectivity index is 1.26. The lowest BCUT2D eigenvalue weighted by Gasteiger charge is -2.37. The average molecular weight is 742 g/mol. The standard InChI is InChI=1S/C55H35NS/c1-3-15-36(16-4-1)55(38-29-32-54-50(34-38)48-24-12-14-26-53(48)57-54,37-27-30-45-43-21-8-7-19-41(43)42-20-9-10-22-44(42)49(45)33-37)39-28-31-47-46-23-11-13-25-51(46)56(52(47)35-39)40-17-5-2-6-18-40/h1-35H. The zero-order chi connectivity index (χ0) is 37.5. The molecule has 0 spiro atoms. The highest BCUT2D eigenvalue weighted by Crippen LogP contribution is 2.50. The minimum Gasteiger partial charge on any atom is -0.309 e. The summed E-state index contributed by atoms with van der Waals surface area (Å²) in [6.07, 6.45) is 0. The van der Waals surface area contributed by atoms with Crippen LogP contribution in [0.5, 0.6) is 0 Å². The van der Waals surface area contributed by atoms with E-state index < -0.39 is 5.41 Å². The van der Waals surface area contributed by atoms with Crippen LogP contribution in [0.25, 0.3) is 80.0 Å². The molecule has 0 amide bonds. The number of benzene rings is 10. The first-order valence-electron chi connectivity index (χ1n) is 19.7. The molecule has 0 aliphatic rings. The summed E-state index contributed by atoms with van der Waals surface area (Å²) in [5.41, 5.74) is 7.82. The molecular formula is C55H35NS. The molecule has 0 fully saturated rings. The molecule has 57 heavy (non-hydrogen) atoms. The van der Waals surface area contributed by atoms with Crippen molar-refractivity contribution in [2.75, 3.05) is 0 Å². The van der Waals surface area contributed by atoms with Gasteiger partial charge in [0.25, 0.3) is 0 Å². The van der Waals surface area contributed by atoms with Gasteiger partial charge in [-0.25, -0.2) is 0 Å². The number of nitrogens with zero attached hydrogens (tertiary/aromatic N) is 1. The Labute approximate surface area is 334 Å². The van der Waals surface area contributed by atoms with E-state index in [4.69, 9.17) is 0 Å². The highest BCUT2D eigenvalue weighted by molar-refractivity contribution is 7.25. The van der Waals surface area contributed by atoms with Crippen LogP contribution in [0.1, 0.15) is 22.3 Å². The van der Waals surface area contributed by atoms with Gasteiger partial charge in [0, 0.05) is 36.6 Å². The van der Waals surface area contributed by atoms with Crippen molar-refractivity contribution < 1.29 is 0 Å². The van der Waals surface area contributed by atoms with Crippen molar-refractivity contribution in [1.82, 2.24) is 4.57 Å². The van der Waals surface area contributed by atoms with E-state index in [1.807, 2.05) is 11.3 Å². The van der Waals surface area contributed by atoms with Crippen LogP contribution in [-0.4, -0.2) is 4.57 Å². The lowest BCUT2D eigenvalue weighted by Crippen LogP contribution is -2.31. The van der Waals surface area contributed by atoms with Crippen molar-refractivity contribution in [3.63, 3.8) is 0 Å². The number of hydrogen-bond acceptors (Lipinski definition) is 1.